The fourth-order valence-corrected chi connectivity index (χ4v) is 4.46. The minimum atomic E-state index is -4.50. The number of benzene rings is 2. The maximum Gasteiger partial charge on any atom is 0.425 e. The van der Waals surface area contributed by atoms with Gasteiger partial charge in [0.2, 0.25) is 5.91 Å². The number of hydrogen-bond acceptors (Lipinski definition) is 5. The first-order chi connectivity index (χ1) is 19.3. The molecule has 3 aromatic rings. The molecule has 1 heterocycles. The van der Waals surface area contributed by atoms with Crippen LogP contribution < -0.4 is 15.4 Å². The summed E-state index contributed by atoms with van der Waals surface area (Å²) in [6.07, 6.45) is -3.74. The Morgan fingerprint density at radius 3 is 2.34 bits per heavy atom. The van der Waals surface area contributed by atoms with Crippen LogP contribution in [0.3, 0.4) is 0 Å². The molecule has 41 heavy (non-hydrogen) atoms. The number of ether oxygens (including phenoxy) is 1. The summed E-state index contributed by atoms with van der Waals surface area (Å²) in [4.78, 5) is 29.2. The van der Waals surface area contributed by atoms with E-state index in [2.05, 4.69) is 10.6 Å². The van der Waals surface area contributed by atoms with Crippen molar-refractivity contribution in [3.05, 3.63) is 71.2 Å². The lowest BCUT2D eigenvalue weighted by molar-refractivity contribution is -0.189. The molecule has 3 rings (SSSR count). The van der Waals surface area contributed by atoms with Crippen LogP contribution in [0.25, 0.3) is 11.3 Å². The van der Waals surface area contributed by atoms with E-state index in [0.29, 0.717) is 24.9 Å². The number of nitrogens with one attached hydrogen (secondary N) is 2. The Balaban J connectivity index is 1.69. The minimum absolute atomic E-state index is 0.0545. The molecule has 0 radical (unpaired) electrons. The van der Waals surface area contributed by atoms with E-state index in [1.165, 1.54) is 25.1 Å². The summed E-state index contributed by atoms with van der Waals surface area (Å²) >= 11 is 0. The summed E-state index contributed by atoms with van der Waals surface area (Å²) < 4.78 is 45.6. The van der Waals surface area contributed by atoms with Gasteiger partial charge in [0.1, 0.15) is 11.6 Å². The first-order valence-corrected chi connectivity index (χ1v) is 13.5. The Kier molecular flexibility index (Phi) is 10.6. The van der Waals surface area contributed by atoms with Crippen molar-refractivity contribution in [2.45, 2.75) is 78.4 Å². The van der Waals surface area contributed by atoms with Crippen LogP contribution in [0.5, 0.6) is 5.75 Å². The number of carbonyl (C=O) groups excluding carboxylic acids is 2. The number of aliphatic hydroxyl groups excluding tert-OH is 1. The third kappa shape index (κ3) is 8.56. The predicted molar refractivity (Wildman–Crippen MR) is 150 cm³/mol. The molecule has 8 nitrogen and oxygen atoms in total. The average molecular weight is 575 g/mol. The van der Waals surface area contributed by atoms with Gasteiger partial charge in [-0.15, -0.1) is 0 Å². The lowest BCUT2D eigenvalue weighted by atomic mass is 10.0. The monoisotopic (exact) mass is 574 g/mol. The highest BCUT2D eigenvalue weighted by atomic mass is 19.4. The first-order valence-electron chi connectivity index (χ1n) is 13.5. The van der Waals surface area contributed by atoms with Crippen molar-refractivity contribution >= 4 is 11.8 Å². The van der Waals surface area contributed by atoms with Crippen molar-refractivity contribution in [1.29, 1.82) is 0 Å². The Morgan fingerprint density at radius 2 is 1.78 bits per heavy atom. The van der Waals surface area contributed by atoms with Gasteiger partial charge in [0.25, 0.3) is 5.91 Å². The molecule has 3 atom stereocenters. The third-order valence-corrected chi connectivity index (χ3v) is 6.70. The lowest BCUT2D eigenvalue weighted by Crippen LogP contribution is -2.37. The molecule has 1 unspecified atom stereocenters. The molecule has 0 spiro atoms. The van der Waals surface area contributed by atoms with E-state index in [4.69, 9.17) is 9.72 Å². The van der Waals surface area contributed by atoms with E-state index < -0.39 is 18.2 Å². The second kappa shape index (κ2) is 13.7. The molecule has 11 heteroatoms. The number of imidazole rings is 1. The van der Waals surface area contributed by atoms with Crippen LogP contribution in [0.4, 0.5) is 13.2 Å². The van der Waals surface area contributed by atoms with Crippen LogP contribution in [0.1, 0.15) is 67.5 Å². The summed E-state index contributed by atoms with van der Waals surface area (Å²) in [5.41, 5.74) is 3.30. The van der Waals surface area contributed by atoms with E-state index in [1.807, 2.05) is 48.9 Å². The zero-order chi connectivity index (χ0) is 30.3. The van der Waals surface area contributed by atoms with Gasteiger partial charge < -0.3 is 25.0 Å². The quantitative estimate of drug-likeness (QED) is 0.278. The maximum atomic E-state index is 12.9. The molecule has 0 fully saturated rings. The molecule has 0 aliphatic carbocycles. The van der Waals surface area contributed by atoms with Crippen LogP contribution >= 0.6 is 0 Å². The van der Waals surface area contributed by atoms with Gasteiger partial charge >= 0.3 is 6.18 Å². The Hall–Kier alpha value is -3.86. The number of carbonyl (C=O) groups is 2. The van der Waals surface area contributed by atoms with Gasteiger partial charge in [-0.1, -0.05) is 24.3 Å². The molecular formula is C30H37F3N4O4. The maximum absolute atomic E-state index is 12.9. The smallest absolute Gasteiger partial charge is 0.425 e. The molecule has 3 N–H and O–H groups in total. The van der Waals surface area contributed by atoms with Crippen molar-refractivity contribution in [3.8, 4) is 17.0 Å². The van der Waals surface area contributed by atoms with Gasteiger partial charge in [-0.05, 0) is 69.9 Å². The molecule has 0 bridgehead atoms. The molecule has 0 aliphatic heterocycles. The van der Waals surface area contributed by atoms with Gasteiger partial charge in [0, 0.05) is 43.4 Å². The lowest BCUT2D eigenvalue weighted by Gasteiger charge is -2.20. The summed E-state index contributed by atoms with van der Waals surface area (Å²) in [6.45, 7) is 8.44. The fraction of sp³-hybridized carbons (Fsp3) is 0.433. The summed E-state index contributed by atoms with van der Waals surface area (Å²) in [7, 11) is 0. The Labute approximate surface area is 237 Å². The number of alkyl halides is 3. The zero-order valence-corrected chi connectivity index (χ0v) is 23.9. The number of aromatic nitrogens is 2. The highest BCUT2D eigenvalue weighted by Crippen LogP contribution is 2.28. The fourth-order valence-electron chi connectivity index (χ4n) is 4.46. The second-order valence-electron chi connectivity index (χ2n) is 10.1. The Morgan fingerprint density at radius 1 is 1.10 bits per heavy atom. The van der Waals surface area contributed by atoms with Crippen LogP contribution in [0.15, 0.2) is 48.7 Å². The molecule has 2 aromatic carbocycles. The van der Waals surface area contributed by atoms with Crippen molar-refractivity contribution < 1.29 is 32.6 Å². The van der Waals surface area contributed by atoms with Gasteiger partial charge in [0.05, 0.1) is 11.7 Å². The molecule has 0 aliphatic rings. The second-order valence-corrected chi connectivity index (χ2v) is 10.1. The topological polar surface area (TPSA) is 105 Å². The standard InChI is InChI=1S/C30H37F3N4O4/c1-6-37-17-26(36-28(37)19(3)34-21(5)39)23-9-7-22(8-10-23)16-25(13-14-38)35-29(40)24-11-12-27(18(2)15-24)41-20(4)30(31,32)33/h7-12,15,17,19-20,25,38H,6,13-14,16H2,1-5H3,(H,34,39)(H,35,40)/t19-,20?,25-/m1/s1. The molecule has 222 valence electrons. The van der Waals surface area contributed by atoms with Crippen molar-refractivity contribution in [1.82, 2.24) is 20.2 Å². The summed E-state index contributed by atoms with van der Waals surface area (Å²) in [5, 5.41) is 15.4. The van der Waals surface area contributed by atoms with Crippen LogP contribution in [0.2, 0.25) is 0 Å². The van der Waals surface area contributed by atoms with Gasteiger partial charge in [-0.25, -0.2) is 4.98 Å². The largest absolute Gasteiger partial charge is 0.481 e. The molecule has 1 aromatic heterocycles. The first kappa shape index (κ1) is 31.7. The van der Waals surface area contributed by atoms with Crippen molar-refractivity contribution in [2.24, 2.45) is 0 Å². The van der Waals surface area contributed by atoms with E-state index in [9.17, 15) is 27.9 Å². The van der Waals surface area contributed by atoms with Gasteiger partial charge in [-0.2, -0.15) is 13.2 Å². The van der Waals surface area contributed by atoms with Crippen molar-refractivity contribution in [2.75, 3.05) is 6.61 Å². The normalized spacial score (nSPS) is 13.8. The van der Waals surface area contributed by atoms with Crippen LogP contribution in [-0.2, 0) is 17.8 Å². The average Bonchev–Trinajstić information content (AvgIpc) is 3.34. The van der Waals surface area contributed by atoms with Crippen LogP contribution in [-0.4, -0.2) is 51.4 Å². The molecule has 2 amide bonds. The van der Waals surface area contributed by atoms with Gasteiger partial charge in [-0.3, -0.25) is 9.59 Å². The van der Waals surface area contributed by atoms with E-state index in [1.54, 1.807) is 6.92 Å². The predicted octanol–water partition coefficient (Wildman–Crippen LogP) is 5.13. The molecular weight excluding hydrogens is 537 g/mol. The number of rotatable bonds is 12. The van der Waals surface area contributed by atoms with E-state index in [-0.39, 0.29) is 35.9 Å². The van der Waals surface area contributed by atoms with E-state index in [0.717, 1.165) is 29.6 Å². The molecule has 0 saturated carbocycles. The van der Waals surface area contributed by atoms with E-state index >= 15 is 0 Å². The number of halogens is 3. The third-order valence-electron chi connectivity index (χ3n) is 6.70. The highest BCUT2D eigenvalue weighted by Gasteiger charge is 2.38. The SMILES string of the molecule is CCn1cc(-c2ccc(C[C@@H](CCO)NC(=O)c3ccc(OC(C)C(F)(F)F)c(C)c3)cc2)nc1[C@@H](C)NC(C)=O. The minimum Gasteiger partial charge on any atom is -0.481 e. The molecule has 0 saturated heterocycles. The number of aliphatic hydroxyl groups is 1. The highest BCUT2D eigenvalue weighted by molar-refractivity contribution is 5.94. The van der Waals surface area contributed by atoms with Gasteiger partial charge in [0.15, 0.2) is 6.10 Å². The number of amides is 2. The number of aryl methyl sites for hydroxylation is 2. The van der Waals surface area contributed by atoms with Crippen molar-refractivity contribution in [3.63, 3.8) is 0 Å². The number of hydrogen-bond donors (Lipinski definition) is 3. The zero-order valence-electron chi connectivity index (χ0n) is 23.9. The Bertz CT molecular complexity index is 1340. The number of nitrogens with zero attached hydrogens (tertiary/aromatic N) is 2. The summed E-state index contributed by atoms with van der Waals surface area (Å²) in [5.74, 6) is 0.288. The summed E-state index contributed by atoms with van der Waals surface area (Å²) in [6, 6.07) is 11.4. The van der Waals surface area contributed by atoms with Crippen LogP contribution in [0, 0.1) is 6.92 Å².